The fourth-order valence-corrected chi connectivity index (χ4v) is 3.01. The first-order valence-corrected chi connectivity index (χ1v) is 8.70. The standard InChI is InChI=1S/C19H15ClN6O/c1-2-11-16(20)23-19(13-6-4-3-5-12(13)17(21)27)24-18(11)22-15-9-14(25-26-15)10-7-8-10/h1,3-6,9-10H,7-8H2,(H2,21,27)(H2,22,23,24,25,26). The highest BCUT2D eigenvalue weighted by molar-refractivity contribution is 6.31. The summed E-state index contributed by atoms with van der Waals surface area (Å²) in [6, 6.07) is 8.70. The number of primary amides is 1. The second kappa shape index (κ2) is 6.74. The summed E-state index contributed by atoms with van der Waals surface area (Å²) in [5.74, 6) is 3.61. The molecule has 134 valence electrons. The largest absolute Gasteiger partial charge is 0.366 e. The van der Waals surface area contributed by atoms with Crippen LogP contribution in [-0.4, -0.2) is 26.1 Å². The van der Waals surface area contributed by atoms with E-state index >= 15 is 0 Å². The Labute approximate surface area is 160 Å². The van der Waals surface area contributed by atoms with Crippen LogP contribution in [0.1, 0.15) is 40.4 Å². The van der Waals surface area contributed by atoms with E-state index in [2.05, 4.69) is 31.4 Å². The van der Waals surface area contributed by atoms with Crippen molar-refractivity contribution in [2.75, 3.05) is 5.32 Å². The molecule has 0 saturated heterocycles. The molecule has 0 bridgehead atoms. The van der Waals surface area contributed by atoms with Crippen molar-refractivity contribution >= 4 is 29.1 Å². The number of rotatable bonds is 5. The van der Waals surface area contributed by atoms with Gasteiger partial charge in [-0.3, -0.25) is 9.89 Å². The molecule has 8 heteroatoms. The number of nitrogens with one attached hydrogen (secondary N) is 2. The first kappa shape index (κ1) is 17.1. The van der Waals surface area contributed by atoms with Crippen molar-refractivity contribution in [2.45, 2.75) is 18.8 Å². The molecule has 0 atom stereocenters. The monoisotopic (exact) mass is 378 g/mol. The van der Waals surface area contributed by atoms with Crippen LogP contribution in [0.25, 0.3) is 11.4 Å². The lowest BCUT2D eigenvalue weighted by Gasteiger charge is -2.11. The number of anilines is 2. The van der Waals surface area contributed by atoms with Gasteiger partial charge in [-0.15, -0.1) is 6.42 Å². The predicted molar refractivity (Wildman–Crippen MR) is 103 cm³/mol. The van der Waals surface area contributed by atoms with Crippen molar-refractivity contribution < 1.29 is 4.79 Å². The highest BCUT2D eigenvalue weighted by atomic mass is 35.5. The number of aromatic nitrogens is 4. The third-order valence-corrected chi connectivity index (χ3v) is 4.58. The summed E-state index contributed by atoms with van der Waals surface area (Å²) in [6.07, 6.45) is 7.89. The number of H-pyrrole nitrogens is 1. The SMILES string of the molecule is C#Cc1c(Cl)nc(-c2ccccc2C(N)=O)nc1Nc1cc(C2CC2)[nH]n1. The molecule has 1 amide bonds. The normalized spacial score (nSPS) is 13.2. The maximum absolute atomic E-state index is 11.7. The molecule has 1 aromatic carbocycles. The van der Waals surface area contributed by atoms with E-state index in [4.69, 9.17) is 23.8 Å². The third kappa shape index (κ3) is 3.35. The maximum atomic E-state index is 11.7. The van der Waals surface area contributed by atoms with Gasteiger partial charge in [-0.05, 0) is 18.9 Å². The van der Waals surface area contributed by atoms with Crippen LogP contribution >= 0.6 is 11.6 Å². The quantitative estimate of drug-likeness (QED) is 0.466. The molecule has 0 spiro atoms. The third-order valence-electron chi connectivity index (χ3n) is 4.30. The van der Waals surface area contributed by atoms with Crippen molar-refractivity contribution in [3.63, 3.8) is 0 Å². The summed E-state index contributed by atoms with van der Waals surface area (Å²) < 4.78 is 0. The van der Waals surface area contributed by atoms with Gasteiger partial charge < -0.3 is 11.1 Å². The number of hydrogen-bond acceptors (Lipinski definition) is 5. The van der Waals surface area contributed by atoms with Gasteiger partial charge in [0.05, 0.1) is 5.56 Å². The Kier molecular flexibility index (Phi) is 4.26. The van der Waals surface area contributed by atoms with Crippen molar-refractivity contribution in [2.24, 2.45) is 5.73 Å². The lowest BCUT2D eigenvalue weighted by molar-refractivity contribution is 0.100. The van der Waals surface area contributed by atoms with Crippen molar-refractivity contribution in [3.05, 3.63) is 52.3 Å². The van der Waals surface area contributed by atoms with E-state index < -0.39 is 5.91 Å². The van der Waals surface area contributed by atoms with Crippen LogP contribution in [0, 0.1) is 12.3 Å². The lowest BCUT2D eigenvalue weighted by atomic mass is 10.1. The Morgan fingerprint density at radius 3 is 2.81 bits per heavy atom. The van der Waals surface area contributed by atoms with E-state index in [1.54, 1.807) is 24.3 Å². The van der Waals surface area contributed by atoms with Gasteiger partial charge in [0.1, 0.15) is 5.56 Å². The minimum Gasteiger partial charge on any atom is -0.366 e. The fourth-order valence-electron chi connectivity index (χ4n) is 2.79. The summed E-state index contributed by atoms with van der Waals surface area (Å²) in [6.45, 7) is 0. The molecule has 7 nitrogen and oxygen atoms in total. The highest BCUT2D eigenvalue weighted by Gasteiger charge is 2.26. The Morgan fingerprint density at radius 1 is 1.33 bits per heavy atom. The van der Waals surface area contributed by atoms with Gasteiger partial charge in [0, 0.05) is 23.2 Å². The number of hydrogen-bond donors (Lipinski definition) is 3. The Balaban J connectivity index is 1.77. The Bertz CT molecular complexity index is 1080. The van der Waals surface area contributed by atoms with E-state index in [0.29, 0.717) is 34.2 Å². The number of nitrogens with zero attached hydrogens (tertiary/aromatic N) is 3. The van der Waals surface area contributed by atoms with Crippen LogP contribution in [0.2, 0.25) is 5.15 Å². The zero-order valence-corrected chi connectivity index (χ0v) is 14.9. The fraction of sp³-hybridized carbons (Fsp3) is 0.158. The van der Waals surface area contributed by atoms with Gasteiger partial charge in [-0.25, -0.2) is 9.97 Å². The molecule has 2 aromatic heterocycles. The number of halogens is 1. The van der Waals surface area contributed by atoms with E-state index in [0.717, 1.165) is 18.5 Å². The number of carbonyl (C=O) groups is 1. The van der Waals surface area contributed by atoms with Crippen molar-refractivity contribution in [1.29, 1.82) is 0 Å². The summed E-state index contributed by atoms with van der Waals surface area (Å²) >= 11 is 6.27. The molecule has 1 saturated carbocycles. The molecule has 2 heterocycles. The number of benzene rings is 1. The van der Waals surface area contributed by atoms with Gasteiger partial charge in [0.25, 0.3) is 0 Å². The van der Waals surface area contributed by atoms with Crippen LogP contribution < -0.4 is 11.1 Å². The van der Waals surface area contributed by atoms with Crippen LogP contribution in [0.15, 0.2) is 30.3 Å². The van der Waals surface area contributed by atoms with E-state index in [9.17, 15) is 4.79 Å². The summed E-state index contributed by atoms with van der Waals surface area (Å²) in [7, 11) is 0. The van der Waals surface area contributed by atoms with Gasteiger partial charge in [-0.1, -0.05) is 35.7 Å². The summed E-state index contributed by atoms with van der Waals surface area (Å²) in [5.41, 5.74) is 7.60. The molecule has 4 rings (SSSR count). The Hall–Kier alpha value is -3.37. The number of terminal acetylenes is 1. The molecule has 1 fully saturated rings. The molecular formula is C19H15ClN6O. The minimum absolute atomic E-state index is 0.0993. The van der Waals surface area contributed by atoms with E-state index in [1.165, 1.54) is 0 Å². The smallest absolute Gasteiger partial charge is 0.249 e. The summed E-state index contributed by atoms with van der Waals surface area (Å²) in [4.78, 5) is 20.4. The first-order chi connectivity index (χ1) is 13.1. The Morgan fingerprint density at radius 2 is 2.11 bits per heavy atom. The zero-order chi connectivity index (χ0) is 19.0. The lowest BCUT2D eigenvalue weighted by Crippen LogP contribution is -2.13. The van der Waals surface area contributed by atoms with Gasteiger partial charge in [0.15, 0.2) is 22.6 Å². The van der Waals surface area contributed by atoms with Crippen LogP contribution in [0.3, 0.4) is 0 Å². The van der Waals surface area contributed by atoms with Crippen LogP contribution in [0.4, 0.5) is 11.6 Å². The van der Waals surface area contributed by atoms with Gasteiger partial charge in [0.2, 0.25) is 5.91 Å². The molecule has 0 radical (unpaired) electrons. The second-order valence-corrected chi connectivity index (χ2v) is 6.58. The number of nitrogens with two attached hydrogens (primary N) is 1. The summed E-state index contributed by atoms with van der Waals surface area (Å²) in [5, 5.41) is 10.4. The molecule has 4 N–H and O–H groups in total. The molecule has 0 aliphatic heterocycles. The van der Waals surface area contributed by atoms with E-state index in [1.807, 2.05) is 6.07 Å². The molecule has 27 heavy (non-hydrogen) atoms. The molecule has 3 aromatic rings. The zero-order valence-electron chi connectivity index (χ0n) is 14.2. The van der Waals surface area contributed by atoms with Crippen molar-refractivity contribution in [3.8, 4) is 23.7 Å². The van der Waals surface area contributed by atoms with Gasteiger partial charge >= 0.3 is 0 Å². The minimum atomic E-state index is -0.581. The van der Waals surface area contributed by atoms with Crippen LogP contribution in [0.5, 0.6) is 0 Å². The molecule has 1 aliphatic carbocycles. The number of carbonyl (C=O) groups excluding carboxylic acids is 1. The molecular weight excluding hydrogens is 364 g/mol. The maximum Gasteiger partial charge on any atom is 0.249 e. The average Bonchev–Trinajstić information content (AvgIpc) is 3.41. The predicted octanol–water partition coefficient (Wildman–Crippen LogP) is 3.22. The van der Waals surface area contributed by atoms with Gasteiger partial charge in [-0.2, -0.15) is 5.10 Å². The number of amides is 1. The van der Waals surface area contributed by atoms with Crippen molar-refractivity contribution in [1.82, 2.24) is 20.2 Å². The topological polar surface area (TPSA) is 110 Å². The van der Waals surface area contributed by atoms with Crippen LogP contribution in [-0.2, 0) is 0 Å². The second-order valence-electron chi connectivity index (χ2n) is 6.22. The van der Waals surface area contributed by atoms with E-state index in [-0.39, 0.29) is 11.0 Å². The molecule has 0 unspecified atom stereocenters. The average molecular weight is 379 g/mol. The molecule has 1 aliphatic rings. The first-order valence-electron chi connectivity index (χ1n) is 8.32. The number of aromatic amines is 1. The highest BCUT2D eigenvalue weighted by Crippen LogP contribution is 2.40.